The van der Waals surface area contributed by atoms with E-state index in [9.17, 15) is 9.59 Å². The maximum absolute atomic E-state index is 13.1. The molecule has 0 saturated carbocycles. The van der Waals surface area contributed by atoms with Crippen molar-refractivity contribution in [3.05, 3.63) is 74.4 Å². The third-order valence-electron chi connectivity index (χ3n) is 6.15. The Bertz CT molecular complexity index is 1070. The van der Waals surface area contributed by atoms with E-state index < -0.39 is 0 Å². The molecule has 7 nitrogen and oxygen atoms in total. The molecule has 0 radical (unpaired) electrons. The van der Waals surface area contributed by atoms with E-state index in [2.05, 4.69) is 37.0 Å². The maximum atomic E-state index is 13.1. The fourth-order valence-electron chi connectivity index (χ4n) is 4.82. The summed E-state index contributed by atoms with van der Waals surface area (Å²) in [4.78, 5) is 35.2. The molecule has 2 N–H and O–H groups in total. The third-order valence-corrected chi connectivity index (χ3v) is 6.88. The van der Waals surface area contributed by atoms with Crippen molar-refractivity contribution in [3.63, 3.8) is 0 Å². The zero-order valence-electron chi connectivity index (χ0n) is 16.7. The number of nitrogens with one attached hydrogen (secondary N) is 2. The average Bonchev–Trinajstić information content (AvgIpc) is 3.43. The molecule has 2 bridgehead atoms. The Morgan fingerprint density at radius 1 is 1.27 bits per heavy atom. The van der Waals surface area contributed by atoms with Gasteiger partial charge >= 0.3 is 0 Å². The SMILES string of the molecule is O=C(NCCc1cnc[nH]1)c1ccc2n(c1=O)C[C@H]1C[C@@H]2CN(Cc2ccsc2)C1. The second-order valence-electron chi connectivity index (χ2n) is 8.29. The van der Waals surface area contributed by atoms with Crippen LogP contribution in [-0.2, 0) is 19.5 Å². The highest BCUT2D eigenvalue weighted by Crippen LogP contribution is 2.35. The first-order valence-corrected chi connectivity index (χ1v) is 11.3. The Morgan fingerprint density at radius 3 is 3.00 bits per heavy atom. The van der Waals surface area contributed by atoms with Gasteiger partial charge in [0.2, 0.25) is 0 Å². The normalized spacial score (nSPS) is 20.7. The zero-order chi connectivity index (χ0) is 20.5. The molecule has 1 amide bonds. The lowest BCUT2D eigenvalue weighted by atomic mass is 9.83. The molecule has 5 rings (SSSR count). The first kappa shape index (κ1) is 19.3. The molecule has 0 aromatic carbocycles. The van der Waals surface area contributed by atoms with E-state index in [-0.39, 0.29) is 17.0 Å². The highest BCUT2D eigenvalue weighted by molar-refractivity contribution is 7.07. The predicted molar refractivity (Wildman–Crippen MR) is 116 cm³/mol. The summed E-state index contributed by atoms with van der Waals surface area (Å²) in [7, 11) is 0. The number of piperidine rings is 1. The molecule has 0 aliphatic carbocycles. The number of pyridine rings is 1. The number of nitrogens with zero attached hydrogens (tertiary/aromatic N) is 3. The first-order chi connectivity index (χ1) is 14.7. The number of aromatic nitrogens is 3. The molecular formula is C22H25N5O2S. The maximum Gasteiger partial charge on any atom is 0.263 e. The summed E-state index contributed by atoms with van der Waals surface area (Å²) in [6, 6.07) is 5.88. The number of likely N-dealkylation sites (tertiary alicyclic amines) is 1. The number of H-pyrrole nitrogens is 1. The minimum Gasteiger partial charge on any atom is -0.351 e. The predicted octanol–water partition coefficient (Wildman–Crippen LogP) is 2.22. The van der Waals surface area contributed by atoms with Crippen LogP contribution in [0.2, 0.25) is 0 Å². The number of aromatic amines is 1. The minimum absolute atomic E-state index is 0.160. The van der Waals surface area contributed by atoms with Gasteiger partial charge in [-0.1, -0.05) is 0 Å². The molecule has 8 heteroatoms. The molecule has 0 spiro atoms. The lowest BCUT2D eigenvalue weighted by molar-refractivity contribution is 0.0947. The summed E-state index contributed by atoms with van der Waals surface area (Å²) in [5.74, 6) is 0.497. The number of imidazole rings is 1. The van der Waals surface area contributed by atoms with Crippen molar-refractivity contribution >= 4 is 17.2 Å². The Kier molecular flexibility index (Phi) is 5.26. The Labute approximate surface area is 178 Å². The fraction of sp³-hybridized carbons (Fsp3) is 0.409. The van der Waals surface area contributed by atoms with Gasteiger partial charge in [0.1, 0.15) is 5.56 Å². The molecule has 2 aliphatic rings. The molecule has 3 aromatic rings. The summed E-state index contributed by atoms with van der Waals surface area (Å²) in [5, 5.41) is 7.19. The number of thiophene rings is 1. The van der Waals surface area contributed by atoms with Crippen LogP contribution in [0.3, 0.4) is 0 Å². The lowest BCUT2D eigenvalue weighted by Crippen LogP contribution is -2.47. The summed E-state index contributed by atoms with van der Waals surface area (Å²) in [6.45, 7) is 4.09. The van der Waals surface area contributed by atoms with Crippen molar-refractivity contribution in [2.45, 2.75) is 31.8 Å². The first-order valence-electron chi connectivity index (χ1n) is 10.4. The van der Waals surface area contributed by atoms with Crippen LogP contribution in [-0.4, -0.2) is 45.0 Å². The van der Waals surface area contributed by atoms with Crippen molar-refractivity contribution in [1.82, 2.24) is 24.8 Å². The van der Waals surface area contributed by atoms with Crippen LogP contribution in [0.25, 0.3) is 0 Å². The quantitative estimate of drug-likeness (QED) is 0.637. The summed E-state index contributed by atoms with van der Waals surface area (Å²) in [5.41, 5.74) is 3.46. The van der Waals surface area contributed by atoms with E-state index >= 15 is 0 Å². The van der Waals surface area contributed by atoms with Crippen LogP contribution in [0, 0.1) is 5.92 Å². The number of amides is 1. The van der Waals surface area contributed by atoms with Gasteiger partial charge in [-0.2, -0.15) is 11.3 Å². The van der Waals surface area contributed by atoms with Crippen LogP contribution >= 0.6 is 11.3 Å². The Hall–Kier alpha value is -2.71. The fourth-order valence-corrected chi connectivity index (χ4v) is 5.47. The summed E-state index contributed by atoms with van der Waals surface area (Å²) in [6.07, 6.45) is 5.13. The van der Waals surface area contributed by atoms with Gasteiger partial charge in [0.05, 0.1) is 6.33 Å². The van der Waals surface area contributed by atoms with Crippen molar-refractivity contribution in [1.29, 1.82) is 0 Å². The summed E-state index contributed by atoms with van der Waals surface area (Å²) < 4.78 is 1.85. The molecule has 1 saturated heterocycles. The molecular weight excluding hydrogens is 398 g/mol. The van der Waals surface area contributed by atoms with Crippen LogP contribution in [0.15, 0.2) is 46.3 Å². The van der Waals surface area contributed by atoms with Crippen LogP contribution < -0.4 is 10.9 Å². The molecule has 30 heavy (non-hydrogen) atoms. The number of carbonyl (C=O) groups excluding carboxylic acids is 1. The molecule has 3 aromatic heterocycles. The highest BCUT2D eigenvalue weighted by atomic mass is 32.1. The van der Waals surface area contributed by atoms with Gasteiger partial charge in [-0.05, 0) is 46.9 Å². The van der Waals surface area contributed by atoms with Crippen molar-refractivity contribution in [2.24, 2.45) is 5.92 Å². The number of rotatable bonds is 6. The van der Waals surface area contributed by atoms with Gasteiger partial charge < -0.3 is 14.9 Å². The van der Waals surface area contributed by atoms with E-state index in [4.69, 9.17) is 0 Å². The standard InChI is InChI=1S/C22H25N5O2S/c28-21(24-5-3-18-8-23-14-25-18)19-1-2-20-17-7-16(11-27(20)22(19)29)10-26(12-17)9-15-4-6-30-13-15/h1-2,4,6,8,13-14,16-17H,3,5,7,9-12H2,(H,23,25)(H,24,28)/t16-,17+/m0/s1. The largest absolute Gasteiger partial charge is 0.351 e. The third kappa shape index (κ3) is 3.85. The number of carbonyl (C=O) groups is 1. The van der Waals surface area contributed by atoms with E-state index in [1.165, 1.54) is 5.56 Å². The van der Waals surface area contributed by atoms with Gasteiger partial charge in [-0.25, -0.2) is 4.98 Å². The van der Waals surface area contributed by atoms with E-state index in [1.54, 1.807) is 29.9 Å². The van der Waals surface area contributed by atoms with E-state index in [1.807, 2.05) is 10.6 Å². The van der Waals surface area contributed by atoms with Crippen LogP contribution in [0.4, 0.5) is 0 Å². The van der Waals surface area contributed by atoms with E-state index in [0.717, 1.165) is 37.4 Å². The number of hydrogen-bond acceptors (Lipinski definition) is 5. The molecule has 2 atom stereocenters. The number of hydrogen-bond donors (Lipinski definition) is 2. The molecule has 5 heterocycles. The number of fused-ring (bicyclic) bond motifs is 4. The van der Waals surface area contributed by atoms with Gasteiger partial charge in [0, 0.05) is 62.6 Å². The van der Waals surface area contributed by atoms with Crippen molar-refractivity contribution < 1.29 is 4.79 Å². The van der Waals surface area contributed by atoms with Crippen molar-refractivity contribution in [3.8, 4) is 0 Å². The average molecular weight is 424 g/mol. The Balaban J connectivity index is 1.29. The van der Waals surface area contributed by atoms with Gasteiger partial charge in [-0.15, -0.1) is 0 Å². The molecule has 2 aliphatic heterocycles. The molecule has 0 unspecified atom stereocenters. The topological polar surface area (TPSA) is 83.0 Å². The van der Waals surface area contributed by atoms with Gasteiger partial charge in [-0.3, -0.25) is 14.5 Å². The highest BCUT2D eigenvalue weighted by Gasteiger charge is 2.35. The van der Waals surface area contributed by atoms with Crippen LogP contribution in [0.5, 0.6) is 0 Å². The summed E-state index contributed by atoms with van der Waals surface area (Å²) >= 11 is 1.73. The molecule has 156 valence electrons. The van der Waals surface area contributed by atoms with Gasteiger partial charge in [0.15, 0.2) is 0 Å². The van der Waals surface area contributed by atoms with Gasteiger partial charge in [0.25, 0.3) is 11.5 Å². The van der Waals surface area contributed by atoms with Crippen LogP contribution in [0.1, 0.15) is 39.6 Å². The monoisotopic (exact) mass is 423 g/mol. The van der Waals surface area contributed by atoms with Crippen molar-refractivity contribution in [2.75, 3.05) is 19.6 Å². The second kappa shape index (κ2) is 8.20. The minimum atomic E-state index is -0.301. The lowest BCUT2D eigenvalue weighted by Gasteiger charge is -2.42. The smallest absolute Gasteiger partial charge is 0.263 e. The zero-order valence-corrected chi connectivity index (χ0v) is 17.5. The second-order valence-corrected chi connectivity index (χ2v) is 9.07. The Morgan fingerprint density at radius 2 is 2.20 bits per heavy atom. The van der Waals surface area contributed by atoms with E-state index in [0.29, 0.717) is 31.3 Å². The molecule has 1 fully saturated rings.